The molecule has 4 nitrogen and oxygen atoms in total. The van der Waals surface area contributed by atoms with Crippen molar-refractivity contribution < 1.29 is 0 Å². The van der Waals surface area contributed by atoms with Crippen LogP contribution in [0, 0.1) is 13.8 Å². The number of nitrogens with one attached hydrogen (secondary N) is 1. The average molecular weight is 342 g/mol. The van der Waals surface area contributed by atoms with Crippen LogP contribution in [0.25, 0.3) is 27.7 Å². The minimum atomic E-state index is 0.368. The van der Waals surface area contributed by atoms with Gasteiger partial charge in [0.25, 0.3) is 0 Å². The van der Waals surface area contributed by atoms with Gasteiger partial charge in [-0.05, 0) is 73.5 Å². The number of benzene rings is 2. The maximum absolute atomic E-state index is 4.50. The number of pyridine rings is 1. The lowest BCUT2D eigenvalue weighted by Crippen LogP contribution is -2.14. The largest absolute Gasteiger partial charge is 0.310 e. The summed E-state index contributed by atoms with van der Waals surface area (Å²) in [5.41, 5.74) is 7.24. The van der Waals surface area contributed by atoms with Crippen LogP contribution >= 0.6 is 0 Å². The van der Waals surface area contributed by atoms with Crippen molar-refractivity contribution >= 4 is 16.6 Å². The maximum Gasteiger partial charge on any atom is 0.166 e. The van der Waals surface area contributed by atoms with Gasteiger partial charge >= 0.3 is 0 Å². The molecule has 1 saturated heterocycles. The molecule has 1 unspecified atom stereocenters. The predicted octanol–water partition coefficient (Wildman–Crippen LogP) is 4.59. The Morgan fingerprint density at radius 1 is 1.04 bits per heavy atom. The van der Waals surface area contributed by atoms with Gasteiger partial charge in [0.2, 0.25) is 0 Å². The molecule has 2 aromatic heterocycles. The third-order valence-electron chi connectivity index (χ3n) is 5.53. The molecule has 26 heavy (non-hydrogen) atoms. The molecular weight excluding hydrogens is 320 g/mol. The zero-order chi connectivity index (χ0) is 17.7. The Kier molecular flexibility index (Phi) is 3.54. The molecule has 1 fully saturated rings. The topological polar surface area (TPSA) is 42.2 Å². The molecule has 0 amide bonds. The van der Waals surface area contributed by atoms with Crippen molar-refractivity contribution in [3.8, 4) is 11.1 Å². The number of aryl methyl sites for hydroxylation is 2. The van der Waals surface area contributed by atoms with Crippen LogP contribution in [0.2, 0.25) is 0 Å². The van der Waals surface area contributed by atoms with Crippen molar-refractivity contribution in [2.75, 3.05) is 6.54 Å². The quantitative estimate of drug-likeness (QED) is 0.579. The Balaban J connectivity index is 1.82. The van der Waals surface area contributed by atoms with Gasteiger partial charge in [0.15, 0.2) is 5.65 Å². The van der Waals surface area contributed by atoms with E-state index in [1.54, 1.807) is 0 Å². The lowest BCUT2D eigenvalue weighted by molar-refractivity contribution is 0.649. The number of aromatic nitrogens is 3. The molecule has 1 aliphatic rings. The van der Waals surface area contributed by atoms with Crippen molar-refractivity contribution in [1.82, 2.24) is 19.9 Å². The highest BCUT2D eigenvalue weighted by Gasteiger charge is 2.22. The Morgan fingerprint density at radius 3 is 2.65 bits per heavy atom. The van der Waals surface area contributed by atoms with Gasteiger partial charge in [-0.15, -0.1) is 10.2 Å². The first-order valence-corrected chi connectivity index (χ1v) is 9.30. The average Bonchev–Trinajstić information content (AvgIpc) is 3.32. The van der Waals surface area contributed by atoms with Gasteiger partial charge < -0.3 is 5.32 Å². The molecule has 3 heterocycles. The second-order valence-electron chi connectivity index (χ2n) is 7.25. The van der Waals surface area contributed by atoms with Crippen molar-refractivity contribution in [2.45, 2.75) is 32.7 Å². The van der Waals surface area contributed by atoms with Gasteiger partial charge in [-0.1, -0.05) is 30.3 Å². The fourth-order valence-electron chi connectivity index (χ4n) is 4.22. The summed E-state index contributed by atoms with van der Waals surface area (Å²) < 4.78 is 2.21. The molecule has 1 atom stereocenters. The summed E-state index contributed by atoms with van der Waals surface area (Å²) in [4.78, 5) is 0. The highest BCUT2D eigenvalue weighted by Crippen LogP contribution is 2.34. The minimum absolute atomic E-state index is 0.368. The van der Waals surface area contributed by atoms with E-state index in [4.69, 9.17) is 0 Å². The molecule has 4 heteroatoms. The van der Waals surface area contributed by atoms with Gasteiger partial charge in [0.05, 0.1) is 5.52 Å². The van der Waals surface area contributed by atoms with E-state index in [1.165, 1.54) is 39.6 Å². The summed E-state index contributed by atoms with van der Waals surface area (Å²) in [7, 11) is 0. The van der Waals surface area contributed by atoms with Crippen molar-refractivity contribution in [2.24, 2.45) is 0 Å². The molecular formula is C22H22N4. The predicted molar refractivity (Wildman–Crippen MR) is 105 cm³/mol. The summed E-state index contributed by atoms with van der Waals surface area (Å²) in [5.74, 6) is 0.941. The molecule has 0 saturated carbocycles. The summed E-state index contributed by atoms with van der Waals surface area (Å²) >= 11 is 0. The second-order valence-corrected chi connectivity index (χ2v) is 7.25. The van der Waals surface area contributed by atoms with E-state index in [9.17, 15) is 0 Å². The van der Waals surface area contributed by atoms with Crippen LogP contribution in [0.5, 0.6) is 0 Å². The van der Waals surface area contributed by atoms with Gasteiger partial charge in [0, 0.05) is 11.6 Å². The Labute approximate surface area is 152 Å². The monoisotopic (exact) mass is 342 g/mol. The first-order chi connectivity index (χ1) is 12.7. The van der Waals surface area contributed by atoms with Gasteiger partial charge in [-0.25, -0.2) is 0 Å². The SMILES string of the molecule is Cc1cc2c(cc1-c1ccccc1)cc(C1CCCN1)c1nnc(C)n12. The van der Waals surface area contributed by atoms with Gasteiger partial charge in [0.1, 0.15) is 5.82 Å². The molecule has 2 aromatic carbocycles. The van der Waals surface area contributed by atoms with Crippen LogP contribution in [0.1, 0.15) is 35.8 Å². The van der Waals surface area contributed by atoms with Crippen LogP contribution < -0.4 is 5.32 Å². The summed E-state index contributed by atoms with van der Waals surface area (Å²) in [6.07, 6.45) is 2.37. The standard InChI is InChI=1S/C22H22N4/c1-14-11-21-17(12-18(14)16-7-4-3-5-8-16)13-19(20-9-6-10-23-20)22-25-24-15(2)26(21)22/h3-5,7-8,11-13,20,23H,6,9-10H2,1-2H3. The summed E-state index contributed by atoms with van der Waals surface area (Å²) in [6, 6.07) is 17.9. The van der Waals surface area contributed by atoms with Crippen LogP contribution in [0.3, 0.4) is 0 Å². The van der Waals surface area contributed by atoms with Crippen LogP contribution in [0.4, 0.5) is 0 Å². The Bertz CT molecular complexity index is 1110. The minimum Gasteiger partial charge on any atom is -0.310 e. The maximum atomic E-state index is 4.50. The summed E-state index contributed by atoms with van der Waals surface area (Å²) in [6.45, 7) is 5.29. The van der Waals surface area contributed by atoms with Gasteiger partial charge in [-0.2, -0.15) is 0 Å². The second kappa shape index (κ2) is 5.92. The van der Waals surface area contributed by atoms with E-state index < -0.39 is 0 Å². The van der Waals surface area contributed by atoms with Crippen LogP contribution in [0.15, 0.2) is 48.5 Å². The van der Waals surface area contributed by atoms with Crippen LogP contribution in [-0.2, 0) is 0 Å². The van der Waals surface area contributed by atoms with Gasteiger partial charge in [-0.3, -0.25) is 4.40 Å². The number of hydrogen-bond donors (Lipinski definition) is 1. The molecule has 0 spiro atoms. The zero-order valence-electron chi connectivity index (χ0n) is 15.2. The number of fused-ring (bicyclic) bond motifs is 3. The summed E-state index contributed by atoms with van der Waals surface area (Å²) in [5, 5.41) is 13.7. The van der Waals surface area contributed by atoms with E-state index >= 15 is 0 Å². The number of nitrogens with zero attached hydrogens (tertiary/aromatic N) is 3. The lowest BCUT2D eigenvalue weighted by Gasteiger charge is -2.16. The molecule has 0 radical (unpaired) electrons. The molecule has 0 bridgehead atoms. The van der Waals surface area contributed by atoms with Crippen molar-refractivity contribution in [3.05, 3.63) is 65.5 Å². The molecule has 5 rings (SSSR count). The molecule has 0 aliphatic carbocycles. The van der Waals surface area contributed by atoms with Crippen LogP contribution in [-0.4, -0.2) is 21.1 Å². The van der Waals surface area contributed by atoms with E-state index in [1.807, 2.05) is 6.92 Å². The normalized spacial score (nSPS) is 17.4. The Morgan fingerprint density at radius 2 is 1.88 bits per heavy atom. The van der Waals surface area contributed by atoms with E-state index in [0.29, 0.717) is 6.04 Å². The molecule has 1 aliphatic heterocycles. The van der Waals surface area contributed by atoms with E-state index in [-0.39, 0.29) is 0 Å². The number of hydrogen-bond acceptors (Lipinski definition) is 3. The highest BCUT2D eigenvalue weighted by atomic mass is 15.2. The third-order valence-corrected chi connectivity index (χ3v) is 5.53. The van der Waals surface area contributed by atoms with E-state index in [2.05, 4.69) is 75.4 Å². The first-order valence-electron chi connectivity index (χ1n) is 9.30. The third kappa shape index (κ3) is 2.33. The molecule has 4 aromatic rings. The van der Waals surface area contributed by atoms with Crippen molar-refractivity contribution in [3.63, 3.8) is 0 Å². The smallest absolute Gasteiger partial charge is 0.166 e. The van der Waals surface area contributed by atoms with Crippen molar-refractivity contribution in [1.29, 1.82) is 0 Å². The number of rotatable bonds is 2. The first kappa shape index (κ1) is 15.5. The Hall–Kier alpha value is -2.72. The molecule has 130 valence electrons. The van der Waals surface area contributed by atoms with E-state index in [0.717, 1.165) is 24.4 Å². The zero-order valence-corrected chi connectivity index (χ0v) is 15.2. The fourth-order valence-corrected chi connectivity index (χ4v) is 4.22. The molecule has 1 N–H and O–H groups in total. The fraction of sp³-hybridized carbons (Fsp3) is 0.273. The highest BCUT2D eigenvalue weighted by molar-refractivity contribution is 5.90. The lowest BCUT2D eigenvalue weighted by atomic mass is 9.96.